The molecular weight excluding hydrogens is 411 g/mol. The third-order valence-corrected chi connectivity index (χ3v) is 5.27. The monoisotopic (exact) mass is 425 g/mol. The van der Waals surface area contributed by atoms with Crippen molar-refractivity contribution in [1.82, 2.24) is 9.55 Å². The van der Waals surface area contributed by atoms with Crippen molar-refractivity contribution in [3.63, 3.8) is 0 Å². The van der Waals surface area contributed by atoms with Crippen LogP contribution in [0.25, 0.3) is 28.3 Å². The molecule has 0 spiro atoms. The minimum atomic E-state index is -2.14. The highest BCUT2D eigenvalue weighted by atomic mass is 35.5. The Morgan fingerprint density at radius 2 is 1.55 bits per heavy atom. The van der Waals surface area contributed by atoms with Gasteiger partial charge >= 0.3 is 0 Å². The quantitative estimate of drug-likeness (QED) is 0.403. The van der Waals surface area contributed by atoms with Crippen LogP contribution in [0.3, 0.4) is 0 Å². The lowest BCUT2D eigenvalue weighted by Crippen LogP contribution is -1.98. The van der Waals surface area contributed by atoms with Crippen molar-refractivity contribution in [3.05, 3.63) is 95.4 Å². The minimum absolute atomic E-state index is 0.0327. The van der Waals surface area contributed by atoms with E-state index in [2.05, 4.69) is 0 Å². The molecule has 0 saturated carbocycles. The van der Waals surface area contributed by atoms with E-state index < -0.39 is 11.1 Å². The summed E-state index contributed by atoms with van der Waals surface area (Å²) in [6.45, 7) is 0. The van der Waals surface area contributed by atoms with Crippen LogP contribution in [0.4, 0.5) is 4.39 Å². The molecule has 0 N–H and O–H groups in total. The van der Waals surface area contributed by atoms with E-state index in [1.165, 1.54) is 12.1 Å². The van der Waals surface area contributed by atoms with Crippen LogP contribution in [-0.2, 0) is 16.8 Å². The van der Waals surface area contributed by atoms with Crippen LogP contribution in [0, 0.1) is 5.82 Å². The molecule has 0 saturated heterocycles. The van der Waals surface area contributed by atoms with Crippen molar-refractivity contribution < 1.29 is 13.2 Å². The first-order chi connectivity index (χ1) is 14.0. The Bertz CT molecular complexity index is 1160. The van der Waals surface area contributed by atoms with Gasteiger partial charge in [-0.15, -0.1) is 0 Å². The number of nitrogens with zero attached hydrogens (tertiary/aromatic N) is 2. The molecule has 0 bridgehead atoms. The van der Waals surface area contributed by atoms with Crippen molar-refractivity contribution >= 4 is 22.7 Å². The minimum Gasteiger partial charge on any atom is -0.772 e. The Labute approximate surface area is 174 Å². The molecule has 29 heavy (non-hydrogen) atoms. The fourth-order valence-corrected chi connectivity index (χ4v) is 3.62. The zero-order valence-electron chi connectivity index (χ0n) is 15.1. The maximum Gasteiger partial charge on any atom is 0.145 e. The van der Waals surface area contributed by atoms with E-state index in [-0.39, 0.29) is 11.6 Å². The van der Waals surface area contributed by atoms with Crippen molar-refractivity contribution in [2.24, 2.45) is 0 Å². The van der Waals surface area contributed by atoms with Crippen LogP contribution in [0.1, 0.15) is 5.56 Å². The van der Waals surface area contributed by atoms with E-state index in [0.717, 1.165) is 16.8 Å². The standard InChI is InChI=1S/C22H16ClFN2O2S/c23-18-7-3-17(4-8-18)22-25-21(16-5-9-19(24)10-6-16)13-26(22)20-11-1-15(2-12-20)14-29(27)28/h1-13H,14H2,(H,27,28)/p-1. The Kier molecular flexibility index (Phi) is 5.58. The van der Waals surface area contributed by atoms with E-state index in [0.29, 0.717) is 22.1 Å². The molecule has 4 nitrogen and oxygen atoms in total. The molecule has 0 aliphatic carbocycles. The van der Waals surface area contributed by atoms with Crippen molar-refractivity contribution in [2.45, 2.75) is 5.75 Å². The second-order valence-electron chi connectivity index (χ2n) is 6.45. The molecule has 1 aromatic heterocycles. The molecule has 7 heteroatoms. The highest BCUT2D eigenvalue weighted by Gasteiger charge is 2.13. The first-order valence-corrected chi connectivity index (χ1v) is 10.4. The third-order valence-electron chi connectivity index (χ3n) is 4.45. The Balaban J connectivity index is 1.81. The zero-order valence-corrected chi connectivity index (χ0v) is 16.7. The van der Waals surface area contributed by atoms with Gasteiger partial charge in [0.1, 0.15) is 11.6 Å². The smallest absolute Gasteiger partial charge is 0.145 e. The van der Waals surface area contributed by atoms with Gasteiger partial charge in [0.05, 0.1) is 5.69 Å². The van der Waals surface area contributed by atoms with Crippen LogP contribution in [-0.4, -0.2) is 18.3 Å². The molecule has 0 aliphatic rings. The Morgan fingerprint density at radius 1 is 0.931 bits per heavy atom. The third kappa shape index (κ3) is 4.45. The molecule has 146 valence electrons. The molecule has 3 aromatic carbocycles. The Morgan fingerprint density at radius 3 is 2.17 bits per heavy atom. The highest BCUT2D eigenvalue weighted by molar-refractivity contribution is 7.78. The molecule has 4 aromatic rings. The molecule has 0 fully saturated rings. The van der Waals surface area contributed by atoms with E-state index >= 15 is 0 Å². The fourth-order valence-electron chi connectivity index (χ4n) is 3.03. The molecule has 0 amide bonds. The molecule has 0 aliphatic heterocycles. The van der Waals surface area contributed by atoms with Gasteiger partial charge < -0.3 is 4.55 Å². The molecule has 1 heterocycles. The van der Waals surface area contributed by atoms with Gasteiger partial charge in [0.15, 0.2) is 0 Å². The van der Waals surface area contributed by atoms with E-state index in [1.807, 2.05) is 35.0 Å². The lowest BCUT2D eigenvalue weighted by atomic mass is 10.2. The van der Waals surface area contributed by atoms with E-state index in [9.17, 15) is 13.2 Å². The molecule has 4 rings (SSSR count). The van der Waals surface area contributed by atoms with Gasteiger partial charge in [0, 0.05) is 33.8 Å². The topological polar surface area (TPSA) is 57.9 Å². The predicted octanol–water partition coefficient (Wildman–Crippen LogP) is 5.38. The summed E-state index contributed by atoms with van der Waals surface area (Å²) < 4.78 is 37.1. The summed E-state index contributed by atoms with van der Waals surface area (Å²) >= 11 is 3.88. The van der Waals surface area contributed by atoms with Crippen LogP contribution in [0.15, 0.2) is 79.0 Å². The lowest BCUT2D eigenvalue weighted by Gasteiger charge is -2.10. The zero-order chi connectivity index (χ0) is 20.4. The Hall–Kier alpha value is -2.80. The lowest BCUT2D eigenvalue weighted by molar-refractivity contribution is 0.536. The molecule has 1 atom stereocenters. The summed E-state index contributed by atoms with van der Waals surface area (Å²) in [5.41, 5.74) is 3.89. The number of benzene rings is 3. The molecular formula is C22H15ClFN2O2S-. The maximum atomic E-state index is 13.3. The van der Waals surface area contributed by atoms with Gasteiger partial charge in [0.25, 0.3) is 0 Å². The summed E-state index contributed by atoms with van der Waals surface area (Å²) in [6, 6.07) is 20.7. The number of rotatable bonds is 5. The molecule has 0 radical (unpaired) electrons. The fraction of sp³-hybridized carbons (Fsp3) is 0.0455. The second kappa shape index (κ2) is 8.29. The van der Waals surface area contributed by atoms with Crippen LogP contribution in [0.5, 0.6) is 0 Å². The van der Waals surface area contributed by atoms with Gasteiger partial charge in [-0.25, -0.2) is 9.37 Å². The summed E-state index contributed by atoms with van der Waals surface area (Å²) in [5, 5.41) is 0.626. The van der Waals surface area contributed by atoms with Crippen molar-refractivity contribution in [1.29, 1.82) is 0 Å². The van der Waals surface area contributed by atoms with Gasteiger partial charge in [-0.3, -0.25) is 8.78 Å². The average molecular weight is 426 g/mol. The SMILES string of the molecule is O=S([O-])Cc1ccc(-n2cc(-c3ccc(F)cc3)nc2-c2ccc(Cl)cc2)cc1. The van der Waals surface area contributed by atoms with E-state index in [4.69, 9.17) is 16.6 Å². The van der Waals surface area contributed by atoms with Crippen molar-refractivity contribution in [3.8, 4) is 28.3 Å². The summed E-state index contributed by atoms with van der Waals surface area (Å²) in [6.07, 6.45) is 1.87. The number of imidazole rings is 1. The van der Waals surface area contributed by atoms with Gasteiger partial charge in [0.2, 0.25) is 0 Å². The number of hydrogen-bond donors (Lipinski definition) is 0. The van der Waals surface area contributed by atoms with Crippen LogP contribution < -0.4 is 0 Å². The largest absolute Gasteiger partial charge is 0.772 e. The van der Waals surface area contributed by atoms with Crippen molar-refractivity contribution in [2.75, 3.05) is 0 Å². The summed E-state index contributed by atoms with van der Waals surface area (Å²) in [5.74, 6) is 0.355. The van der Waals surface area contributed by atoms with Gasteiger partial charge in [-0.2, -0.15) is 0 Å². The van der Waals surface area contributed by atoms with E-state index in [1.54, 1.807) is 36.4 Å². The maximum absolute atomic E-state index is 13.3. The first kappa shape index (κ1) is 19.5. The number of aromatic nitrogens is 2. The summed E-state index contributed by atoms with van der Waals surface area (Å²) in [4.78, 5) is 4.76. The molecule has 1 unspecified atom stereocenters. The number of halogens is 2. The van der Waals surface area contributed by atoms with Gasteiger partial charge in [-0.1, -0.05) is 34.8 Å². The normalized spacial score (nSPS) is 12.1. The first-order valence-electron chi connectivity index (χ1n) is 8.76. The average Bonchev–Trinajstić information content (AvgIpc) is 3.14. The summed E-state index contributed by atoms with van der Waals surface area (Å²) in [7, 11) is 0. The van der Waals surface area contributed by atoms with Crippen LogP contribution in [0.2, 0.25) is 5.02 Å². The second-order valence-corrected chi connectivity index (χ2v) is 7.78. The highest BCUT2D eigenvalue weighted by Crippen LogP contribution is 2.29. The predicted molar refractivity (Wildman–Crippen MR) is 112 cm³/mol. The van der Waals surface area contributed by atoms with Gasteiger partial charge in [-0.05, 0) is 66.2 Å². The van der Waals surface area contributed by atoms with Crippen LogP contribution >= 0.6 is 11.6 Å². The number of hydrogen-bond acceptors (Lipinski definition) is 3.